The van der Waals surface area contributed by atoms with Crippen molar-refractivity contribution in [3.63, 3.8) is 0 Å². The quantitative estimate of drug-likeness (QED) is 0.337. The van der Waals surface area contributed by atoms with E-state index in [1.54, 1.807) is 50.2 Å². The number of hydrogen-bond acceptors (Lipinski definition) is 4. The van der Waals surface area contributed by atoms with Crippen LogP contribution in [0.3, 0.4) is 0 Å². The van der Waals surface area contributed by atoms with E-state index in [1.807, 2.05) is 13.8 Å². The average Bonchev–Trinajstić information content (AvgIpc) is 2.92. The first-order chi connectivity index (χ1) is 18.4. The van der Waals surface area contributed by atoms with Gasteiger partial charge in [0.25, 0.3) is 10.0 Å². The molecule has 0 bridgehead atoms. The summed E-state index contributed by atoms with van der Waals surface area (Å²) in [6.45, 7) is 6.43. The third-order valence-corrected chi connectivity index (χ3v) is 8.74. The van der Waals surface area contributed by atoms with Crippen LogP contribution in [0.1, 0.15) is 38.3 Å². The molecule has 0 aliphatic carbocycles. The fraction of sp³-hybridized carbons (Fsp3) is 0.310. The Bertz CT molecular complexity index is 1400. The number of rotatable bonds is 11. The van der Waals surface area contributed by atoms with Crippen LogP contribution in [0.4, 0.5) is 10.1 Å². The predicted octanol–water partition coefficient (Wildman–Crippen LogP) is 5.31. The Hall–Kier alpha value is -3.43. The summed E-state index contributed by atoms with van der Waals surface area (Å²) in [5.74, 6) is -1.42. The van der Waals surface area contributed by atoms with Crippen LogP contribution >= 0.6 is 11.6 Å². The summed E-state index contributed by atoms with van der Waals surface area (Å²) in [6, 6.07) is 17.1. The van der Waals surface area contributed by atoms with E-state index >= 15 is 0 Å². The van der Waals surface area contributed by atoms with Crippen LogP contribution < -0.4 is 9.62 Å². The zero-order chi connectivity index (χ0) is 28.7. The van der Waals surface area contributed by atoms with Crippen molar-refractivity contribution >= 4 is 39.1 Å². The topological polar surface area (TPSA) is 86.8 Å². The van der Waals surface area contributed by atoms with E-state index in [9.17, 15) is 22.4 Å². The van der Waals surface area contributed by atoms with Gasteiger partial charge in [0.2, 0.25) is 11.8 Å². The molecule has 10 heteroatoms. The minimum Gasteiger partial charge on any atom is -0.352 e. The molecule has 3 aromatic carbocycles. The van der Waals surface area contributed by atoms with Crippen molar-refractivity contribution in [2.45, 2.75) is 57.6 Å². The normalized spacial score (nSPS) is 12.9. The Balaban J connectivity index is 2.05. The van der Waals surface area contributed by atoms with Gasteiger partial charge in [-0.05, 0) is 74.7 Å². The molecule has 0 fully saturated rings. The minimum atomic E-state index is -4.19. The lowest BCUT2D eigenvalue weighted by atomic mass is 10.1. The van der Waals surface area contributed by atoms with Gasteiger partial charge in [0.1, 0.15) is 18.4 Å². The summed E-state index contributed by atoms with van der Waals surface area (Å²) in [4.78, 5) is 28.3. The standard InChI is InChI=1S/C29H33ClFN3O4S/c1-5-20(2)32-29(36)22(4)33(18-23-14-16-24(31)17-15-23)28(35)19-34(27-13-9-12-26(30)21(27)3)39(37,38)25-10-7-6-8-11-25/h6-17,20,22H,5,18-19H2,1-4H3,(H,32,36)/t20-,22-/m0/s1. The van der Waals surface area contributed by atoms with E-state index in [0.29, 0.717) is 22.6 Å². The van der Waals surface area contributed by atoms with Gasteiger partial charge in [0.15, 0.2) is 0 Å². The van der Waals surface area contributed by atoms with Gasteiger partial charge in [-0.15, -0.1) is 0 Å². The molecule has 0 aliphatic rings. The molecular weight excluding hydrogens is 541 g/mol. The molecule has 0 spiro atoms. The van der Waals surface area contributed by atoms with E-state index in [2.05, 4.69) is 5.32 Å². The molecule has 208 valence electrons. The van der Waals surface area contributed by atoms with Crippen molar-refractivity contribution in [1.29, 1.82) is 0 Å². The van der Waals surface area contributed by atoms with Gasteiger partial charge >= 0.3 is 0 Å². The highest BCUT2D eigenvalue weighted by Gasteiger charge is 2.33. The third kappa shape index (κ3) is 7.36. The summed E-state index contributed by atoms with van der Waals surface area (Å²) in [6.07, 6.45) is 0.696. The Kier molecular flexibility index (Phi) is 10.1. The van der Waals surface area contributed by atoms with Crippen LogP contribution in [-0.4, -0.2) is 43.8 Å². The molecule has 0 saturated carbocycles. The van der Waals surface area contributed by atoms with E-state index in [4.69, 9.17) is 11.6 Å². The Morgan fingerprint density at radius 1 is 0.974 bits per heavy atom. The number of anilines is 1. The molecule has 0 aromatic heterocycles. The maximum Gasteiger partial charge on any atom is 0.264 e. The van der Waals surface area contributed by atoms with Gasteiger partial charge in [-0.25, -0.2) is 12.8 Å². The highest BCUT2D eigenvalue weighted by Crippen LogP contribution is 2.31. The number of amides is 2. The second kappa shape index (κ2) is 13.1. The van der Waals surface area contributed by atoms with E-state index in [-0.39, 0.29) is 29.1 Å². The smallest absolute Gasteiger partial charge is 0.264 e. The molecule has 7 nitrogen and oxygen atoms in total. The number of nitrogens with zero attached hydrogens (tertiary/aromatic N) is 2. The number of sulfonamides is 1. The monoisotopic (exact) mass is 573 g/mol. The van der Waals surface area contributed by atoms with Gasteiger partial charge in [-0.1, -0.05) is 54.9 Å². The zero-order valence-electron chi connectivity index (χ0n) is 22.4. The second-order valence-corrected chi connectivity index (χ2v) is 11.6. The molecule has 0 aliphatic heterocycles. The van der Waals surface area contributed by atoms with Crippen LogP contribution in [0.2, 0.25) is 5.02 Å². The van der Waals surface area contributed by atoms with Gasteiger partial charge in [0.05, 0.1) is 10.6 Å². The summed E-state index contributed by atoms with van der Waals surface area (Å²) in [5.41, 5.74) is 1.32. The molecule has 0 radical (unpaired) electrons. The van der Waals surface area contributed by atoms with Crippen LogP contribution in [0.25, 0.3) is 0 Å². The van der Waals surface area contributed by atoms with Crippen molar-refractivity contribution < 1.29 is 22.4 Å². The fourth-order valence-corrected chi connectivity index (χ4v) is 5.60. The number of benzene rings is 3. The van der Waals surface area contributed by atoms with Crippen molar-refractivity contribution in [3.05, 3.63) is 94.8 Å². The highest BCUT2D eigenvalue weighted by atomic mass is 35.5. The molecule has 39 heavy (non-hydrogen) atoms. The molecule has 0 heterocycles. The van der Waals surface area contributed by atoms with Gasteiger partial charge in [-0.3, -0.25) is 13.9 Å². The van der Waals surface area contributed by atoms with E-state index in [1.165, 1.54) is 41.3 Å². The summed E-state index contributed by atoms with van der Waals surface area (Å²) in [5, 5.41) is 3.22. The predicted molar refractivity (Wildman–Crippen MR) is 151 cm³/mol. The SMILES string of the molecule is CC[C@H](C)NC(=O)[C@H](C)N(Cc1ccc(F)cc1)C(=O)CN(c1cccc(Cl)c1C)S(=O)(=O)c1ccccc1. The highest BCUT2D eigenvalue weighted by molar-refractivity contribution is 7.92. The second-order valence-electron chi connectivity index (χ2n) is 9.35. The molecule has 2 atom stereocenters. The third-order valence-electron chi connectivity index (χ3n) is 6.55. The summed E-state index contributed by atoms with van der Waals surface area (Å²) < 4.78 is 42.2. The van der Waals surface area contributed by atoms with Crippen LogP contribution in [0.15, 0.2) is 77.7 Å². The van der Waals surface area contributed by atoms with Crippen LogP contribution in [0, 0.1) is 12.7 Å². The van der Waals surface area contributed by atoms with Crippen molar-refractivity contribution in [2.75, 3.05) is 10.8 Å². The van der Waals surface area contributed by atoms with E-state index in [0.717, 1.165) is 4.31 Å². The van der Waals surface area contributed by atoms with Gasteiger partial charge in [-0.2, -0.15) is 0 Å². The summed E-state index contributed by atoms with van der Waals surface area (Å²) in [7, 11) is -4.19. The first-order valence-corrected chi connectivity index (χ1v) is 14.4. The zero-order valence-corrected chi connectivity index (χ0v) is 24.0. The van der Waals surface area contributed by atoms with Crippen LogP contribution in [-0.2, 0) is 26.2 Å². The number of nitrogens with one attached hydrogen (secondary N) is 1. The summed E-state index contributed by atoms with van der Waals surface area (Å²) >= 11 is 6.33. The largest absolute Gasteiger partial charge is 0.352 e. The Morgan fingerprint density at radius 3 is 2.23 bits per heavy atom. The molecule has 3 aromatic rings. The molecule has 1 N–H and O–H groups in total. The lowest BCUT2D eigenvalue weighted by Crippen LogP contribution is -2.52. The lowest BCUT2D eigenvalue weighted by molar-refractivity contribution is -0.139. The number of halogens is 2. The fourth-order valence-electron chi connectivity index (χ4n) is 3.93. The maximum absolute atomic E-state index is 13.9. The Morgan fingerprint density at radius 2 is 1.62 bits per heavy atom. The molecule has 2 amide bonds. The molecular formula is C29H33ClFN3O4S. The molecule has 0 unspecified atom stereocenters. The molecule has 3 rings (SSSR count). The molecule has 0 saturated heterocycles. The lowest BCUT2D eigenvalue weighted by Gasteiger charge is -2.33. The van der Waals surface area contributed by atoms with E-state index < -0.39 is 34.3 Å². The van der Waals surface area contributed by atoms with Gasteiger partial charge < -0.3 is 10.2 Å². The number of hydrogen-bond donors (Lipinski definition) is 1. The first-order valence-electron chi connectivity index (χ1n) is 12.6. The van der Waals surface area contributed by atoms with Crippen molar-refractivity contribution in [1.82, 2.24) is 10.2 Å². The van der Waals surface area contributed by atoms with Crippen molar-refractivity contribution in [2.24, 2.45) is 0 Å². The minimum absolute atomic E-state index is 0.00447. The average molecular weight is 574 g/mol. The Labute approximate surface area is 234 Å². The first kappa shape index (κ1) is 30.1. The number of carbonyl (C=O) groups is 2. The maximum atomic E-state index is 13.9. The van der Waals surface area contributed by atoms with Gasteiger partial charge in [0, 0.05) is 17.6 Å². The van der Waals surface area contributed by atoms with Crippen molar-refractivity contribution in [3.8, 4) is 0 Å². The van der Waals surface area contributed by atoms with Crippen LogP contribution in [0.5, 0.6) is 0 Å². The number of carbonyl (C=O) groups excluding carboxylic acids is 2.